The maximum atomic E-state index is 16.9. The fourth-order valence-corrected chi connectivity index (χ4v) is 6.84. The van der Waals surface area contributed by atoms with Crippen molar-refractivity contribution in [3.8, 4) is 17.1 Å². The number of rotatable bonds is 6. The standard InChI is InChI=1S/C32H37ClFN7O2/c1-7-25(42)40-14-20(4)41(15-19(40)3)31-23-12-24(33)27(26-18(2)8-9-22-13-35-39(6)30(22)26)28(34)29(23)36-32(37-31)43-17-21-10-11-38(5)16-21/h7-9,12-13,19-21H,1,10-11,14-17H2,2-6H3/t19-,20+,21-/m1/s1. The Labute approximate surface area is 255 Å². The van der Waals surface area contributed by atoms with Crippen molar-refractivity contribution in [1.82, 2.24) is 29.5 Å². The zero-order valence-corrected chi connectivity index (χ0v) is 26.0. The lowest BCUT2D eigenvalue weighted by molar-refractivity contribution is -0.128. The van der Waals surface area contributed by atoms with Gasteiger partial charge in [0.1, 0.15) is 11.3 Å². The van der Waals surface area contributed by atoms with Crippen molar-refractivity contribution in [3.05, 3.63) is 53.5 Å². The van der Waals surface area contributed by atoms with Gasteiger partial charge in [-0.05, 0) is 58.5 Å². The fraction of sp³-hybridized carbons (Fsp3) is 0.438. The topological polar surface area (TPSA) is 79.6 Å². The highest BCUT2D eigenvalue weighted by molar-refractivity contribution is 6.35. The number of nitrogens with zero attached hydrogens (tertiary/aromatic N) is 7. The quantitative estimate of drug-likeness (QED) is 0.279. The van der Waals surface area contributed by atoms with Gasteiger partial charge in [-0.1, -0.05) is 30.3 Å². The molecular formula is C32H37ClFN7O2. The molecule has 0 saturated carbocycles. The Morgan fingerprint density at radius 1 is 1.16 bits per heavy atom. The lowest BCUT2D eigenvalue weighted by Crippen LogP contribution is -2.58. The first kappa shape index (κ1) is 29.3. The number of halogens is 2. The van der Waals surface area contributed by atoms with Crippen molar-refractivity contribution in [1.29, 1.82) is 0 Å². The number of hydrogen-bond acceptors (Lipinski definition) is 7. The molecule has 43 heavy (non-hydrogen) atoms. The molecule has 2 saturated heterocycles. The van der Waals surface area contributed by atoms with Crippen molar-refractivity contribution in [2.24, 2.45) is 13.0 Å². The van der Waals surface area contributed by atoms with Gasteiger partial charge in [0.2, 0.25) is 5.91 Å². The molecule has 1 amide bonds. The summed E-state index contributed by atoms with van der Waals surface area (Å²) >= 11 is 6.95. The van der Waals surface area contributed by atoms with Gasteiger partial charge in [0.05, 0.1) is 23.3 Å². The summed E-state index contributed by atoms with van der Waals surface area (Å²) in [6.45, 7) is 12.9. The Balaban J connectivity index is 1.51. The average Bonchev–Trinajstić information content (AvgIpc) is 3.58. The molecule has 9 nitrogen and oxygen atoms in total. The molecule has 0 N–H and O–H groups in total. The predicted molar refractivity (Wildman–Crippen MR) is 168 cm³/mol. The SMILES string of the molecule is C=CC(=O)N1C[C@H](C)N(c2nc(OC[C@@H]3CCN(C)C3)nc3c(F)c(-c4c(C)ccc5cnn(C)c45)c(Cl)cc23)C[C@H]1C. The molecule has 4 heterocycles. The highest BCUT2D eigenvalue weighted by Crippen LogP contribution is 2.43. The highest BCUT2D eigenvalue weighted by atomic mass is 35.5. The van der Waals surface area contributed by atoms with Gasteiger partial charge in [0.25, 0.3) is 0 Å². The molecular weight excluding hydrogens is 569 g/mol. The smallest absolute Gasteiger partial charge is 0.319 e. The lowest BCUT2D eigenvalue weighted by atomic mass is 9.96. The molecule has 226 valence electrons. The van der Waals surface area contributed by atoms with Crippen LogP contribution in [-0.4, -0.2) is 87.4 Å². The van der Waals surface area contributed by atoms with E-state index in [1.807, 2.05) is 40.0 Å². The van der Waals surface area contributed by atoms with Gasteiger partial charge in [0, 0.05) is 66.6 Å². The molecule has 0 unspecified atom stereocenters. The molecule has 0 bridgehead atoms. The van der Waals surface area contributed by atoms with Crippen LogP contribution in [0.4, 0.5) is 10.2 Å². The molecule has 6 rings (SSSR count). The molecule has 2 aliphatic rings. The van der Waals surface area contributed by atoms with E-state index in [-0.39, 0.29) is 40.1 Å². The van der Waals surface area contributed by atoms with Gasteiger partial charge in [0.15, 0.2) is 5.82 Å². The highest BCUT2D eigenvalue weighted by Gasteiger charge is 2.34. The van der Waals surface area contributed by atoms with E-state index in [2.05, 4.69) is 33.5 Å². The zero-order valence-electron chi connectivity index (χ0n) is 25.3. The van der Waals surface area contributed by atoms with Crippen molar-refractivity contribution in [2.75, 3.05) is 44.7 Å². The van der Waals surface area contributed by atoms with E-state index in [0.29, 0.717) is 42.4 Å². The summed E-state index contributed by atoms with van der Waals surface area (Å²) in [6.07, 6.45) is 4.12. The van der Waals surface area contributed by atoms with Crippen LogP contribution in [0.3, 0.4) is 0 Å². The molecule has 0 radical (unpaired) electrons. The molecule has 0 aliphatic carbocycles. The number of amides is 1. The van der Waals surface area contributed by atoms with E-state index in [4.69, 9.17) is 21.3 Å². The van der Waals surface area contributed by atoms with Crippen molar-refractivity contribution >= 4 is 45.1 Å². The van der Waals surface area contributed by atoms with E-state index in [1.165, 1.54) is 6.08 Å². The maximum absolute atomic E-state index is 16.9. The third-order valence-electron chi connectivity index (χ3n) is 8.86. The summed E-state index contributed by atoms with van der Waals surface area (Å²) in [6, 6.07) is 5.58. The van der Waals surface area contributed by atoms with Gasteiger partial charge in [-0.2, -0.15) is 15.1 Å². The van der Waals surface area contributed by atoms with Crippen LogP contribution in [0.5, 0.6) is 6.01 Å². The van der Waals surface area contributed by atoms with Crippen molar-refractivity contribution < 1.29 is 13.9 Å². The summed E-state index contributed by atoms with van der Waals surface area (Å²) in [4.78, 5) is 28.2. The Morgan fingerprint density at radius 2 is 1.95 bits per heavy atom. The third-order valence-corrected chi connectivity index (χ3v) is 9.15. The van der Waals surface area contributed by atoms with Crippen LogP contribution in [0.2, 0.25) is 5.02 Å². The first-order chi connectivity index (χ1) is 20.6. The number of likely N-dealkylation sites (tertiary alicyclic amines) is 1. The van der Waals surface area contributed by atoms with Gasteiger partial charge in [-0.25, -0.2) is 4.39 Å². The predicted octanol–water partition coefficient (Wildman–Crippen LogP) is 5.23. The number of benzene rings is 2. The number of hydrogen-bond donors (Lipinski definition) is 0. The van der Waals surface area contributed by atoms with Crippen LogP contribution in [0.1, 0.15) is 25.8 Å². The number of aryl methyl sites for hydroxylation is 2. The average molecular weight is 606 g/mol. The third kappa shape index (κ3) is 5.20. The molecule has 4 aromatic rings. The Bertz CT molecular complexity index is 1740. The minimum Gasteiger partial charge on any atom is -0.463 e. The van der Waals surface area contributed by atoms with Crippen LogP contribution >= 0.6 is 11.6 Å². The summed E-state index contributed by atoms with van der Waals surface area (Å²) in [5, 5.41) is 6.05. The van der Waals surface area contributed by atoms with Gasteiger partial charge in [-0.3, -0.25) is 9.48 Å². The van der Waals surface area contributed by atoms with E-state index < -0.39 is 5.82 Å². The van der Waals surface area contributed by atoms with E-state index >= 15 is 4.39 Å². The monoisotopic (exact) mass is 605 g/mol. The van der Waals surface area contributed by atoms with Gasteiger partial charge >= 0.3 is 6.01 Å². The van der Waals surface area contributed by atoms with Gasteiger partial charge in [-0.15, -0.1) is 0 Å². The number of anilines is 1. The summed E-state index contributed by atoms with van der Waals surface area (Å²) in [7, 11) is 3.93. The van der Waals surface area contributed by atoms with Gasteiger partial charge < -0.3 is 19.4 Å². The second kappa shape index (κ2) is 11.4. The first-order valence-electron chi connectivity index (χ1n) is 14.7. The normalized spacial score (nSPS) is 21.2. The second-order valence-corrected chi connectivity index (χ2v) is 12.4. The molecule has 2 aromatic carbocycles. The number of piperazine rings is 1. The van der Waals surface area contributed by atoms with Crippen LogP contribution in [0.25, 0.3) is 32.9 Å². The van der Waals surface area contributed by atoms with E-state index in [9.17, 15) is 4.79 Å². The number of ether oxygens (including phenoxy) is 1. The molecule has 11 heteroatoms. The minimum atomic E-state index is -0.533. The summed E-state index contributed by atoms with van der Waals surface area (Å²) < 4.78 is 24.8. The second-order valence-electron chi connectivity index (χ2n) is 12.0. The zero-order chi connectivity index (χ0) is 30.6. The van der Waals surface area contributed by atoms with Crippen LogP contribution in [0.15, 0.2) is 37.1 Å². The largest absolute Gasteiger partial charge is 0.463 e. The Hall–Kier alpha value is -3.76. The Kier molecular flexibility index (Phi) is 7.76. The number of carbonyl (C=O) groups is 1. The molecule has 0 spiro atoms. The molecule has 2 aromatic heterocycles. The fourth-order valence-electron chi connectivity index (χ4n) is 6.56. The van der Waals surface area contributed by atoms with Crippen LogP contribution in [-0.2, 0) is 11.8 Å². The summed E-state index contributed by atoms with van der Waals surface area (Å²) in [5.41, 5.74) is 2.76. The lowest BCUT2D eigenvalue weighted by Gasteiger charge is -2.44. The number of carbonyl (C=O) groups excluding carboxylic acids is 1. The number of aromatic nitrogens is 4. The van der Waals surface area contributed by atoms with E-state index in [1.54, 1.807) is 21.8 Å². The maximum Gasteiger partial charge on any atom is 0.319 e. The van der Waals surface area contributed by atoms with Crippen molar-refractivity contribution in [2.45, 2.75) is 39.3 Å². The Morgan fingerprint density at radius 3 is 2.67 bits per heavy atom. The number of fused-ring (bicyclic) bond motifs is 2. The first-order valence-corrected chi connectivity index (χ1v) is 15.1. The molecule has 3 atom stereocenters. The molecule has 2 fully saturated rings. The van der Waals surface area contributed by atoms with Crippen LogP contribution < -0.4 is 9.64 Å². The van der Waals surface area contributed by atoms with Crippen LogP contribution in [0, 0.1) is 18.7 Å². The minimum absolute atomic E-state index is 0.110. The van der Waals surface area contributed by atoms with Crippen molar-refractivity contribution in [3.63, 3.8) is 0 Å². The molecule has 2 aliphatic heterocycles. The van der Waals surface area contributed by atoms with E-state index in [0.717, 1.165) is 36.0 Å². The summed E-state index contributed by atoms with van der Waals surface area (Å²) in [5.74, 6) is 0.234.